The molecule has 236 valence electrons. The topological polar surface area (TPSA) is 52.0 Å². The van der Waals surface area contributed by atoms with Gasteiger partial charge in [-0.2, -0.15) is 0 Å². The number of carbonyl (C=O) groups excluding carboxylic acids is 1. The summed E-state index contributed by atoms with van der Waals surface area (Å²) >= 11 is 0. The number of hydrogen-bond donors (Lipinski definition) is 1. The lowest BCUT2D eigenvalue weighted by molar-refractivity contribution is -0.109. The van der Waals surface area contributed by atoms with Crippen molar-refractivity contribution in [2.24, 2.45) is 10.8 Å². The third-order valence-electron chi connectivity index (χ3n) is 14.9. The highest BCUT2D eigenvalue weighted by molar-refractivity contribution is 5.90. The number of nitrogens with zero attached hydrogens (tertiary/aromatic N) is 4. The Kier molecular flexibility index (Phi) is 5.56. The van der Waals surface area contributed by atoms with Gasteiger partial charge in [0.15, 0.2) is 0 Å². The first-order valence-corrected chi connectivity index (χ1v) is 18.2. The minimum absolute atomic E-state index is 0.127. The summed E-state index contributed by atoms with van der Waals surface area (Å²) in [6, 6.07) is 14.5. The highest BCUT2D eigenvalue weighted by Gasteiger charge is 2.69. The van der Waals surface area contributed by atoms with Gasteiger partial charge in [-0.05, 0) is 124 Å². The summed E-state index contributed by atoms with van der Waals surface area (Å²) < 4.78 is 2.73. The molecule has 1 aliphatic carbocycles. The van der Waals surface area contributed by atoms with Crippen LogP contribution in [0.5, 0.6) is 5.75 Å². The molecule has 10 rings (SSSR count). The van der Waals surface area contributed by atoms with E-state index in [1.54, 1.807) is 11.3 Å². The second-order valence-corrected chi connectivity index (χ2v) is 16.0. The maximum atomic E-state index is 13.4. The highest BCUT2D eigenvalue weighted by Crippen LogP contribution is 2.69. The number of piperidine rings is 2. The number of fused-ring (bicyclic) bond motifs is 4. The molecule has 7 aliphatic rings. The molecule has 1 saturated carbocycles. The molecule has 0 radical (unpaired) electrons. The molecule has 6 nitrogen and oxygen atoms in total. The summed E-state index contributed by atoms with van der Waals surface area (Å²) in [6.07, 6.45) is 14.0. The van der Waals surface area contributed by atoms with Crippen molar-refractivity contribution in [3.05, 3.63) is 58.8 Å². The molecule has 7 unspecified atom stereocenters. The molecule has 45 heavy (non-hydrogen) atoms. The van der Waals surface area contributed by atoms with E-state index < -0.39 is 0 Å². The molecule has 6 aliphatic heterocycles. The number of anilines is 1. The first kappa shape index (κ1) is 27.3. The number of phenols is 1. The fourth-order valence-electron chi connectivity index (χ4n) is 13.4. The van der Waals surface area contributed by atoms with Crippen molar-refractivity contribution in [3.8, 4) is 5.75 Å². The van der Waals surface area contributed by atoms with Crippen LogP contribution in [-0.4, -0.2) is 64.1 Å². The van der Waals surface area contributed by atoms with E-state index in [1.807, 2.05) is 6.07 Å². The molecule has 2 aromatic carbocycles. The number of aromatic nitrogens is 1. The Labute approximate surface area is 267 Å². The summed E-state index contributed by atoms with van der Waals surface area (Å²) in [7, 11) is 0. The van der Waals surface area contributed by atoms with Gasteiger partial charge in [-0.1, -0.05) is 38.1 Å². The second-order valence-electron chi connectivity index (χ2n) is 16.0. The van der Waals surface area contributed by atoms with Gasteiger partial charge < -0.3 is 14.6 Å². The lowest BCUT2D eigenvalue weighted by atomic mass is 9.52. The zero-order chi connectivity index (χ0) is 30.3. The largest absolute Gasteiger partial charge is 0.508 e. The van der Waals surface area contributed by atoms with E-state index in [9.17, 15) is 9.90 Å². The van der Waals surface area contributed by atoms with Gasteiger partial charge in [0.1, 0.15) is 5.75 Å². The number of aromatic hydroxyl groups is 1. The van der Waals surface area contributed by atoms with Crippen LogP contribution in [0.4, 0.5) is 5.69 Å². The Morgan fingerprint density at radius 2 is 1.71 bits per heavy atom. The molecule has 1 aromatic heterocycles. The number of benzene rings is 2. The van der Waals surface area contributed by atoms with E-state index in [2.05, 4.69) is 63.4 Å². The van der Waals surface area contributed by atoms with Crippen molar-refractivity contribution >= 4 is 23.0 Å². The summed E-state index contributed by atoms with van der Waals surface area (Å²) in [5.74, 6) is 0.421. The summed E-state index contributed by atoms with van der Waals surface area (Å²) in [6.45, 7) is 9.42. The lowest BCUT2D eigenvalue weighted by Gasteiger charge is -2.58. The molecule has 4 fully saturated rings. The van der Waals surface area contributed by atoms with Crippen molar-refractivity contribution in [1.82, 2.24) is 14.4 Å². The van der Waals surface area contributed by atoms with Crippen molar-refractivity contribution in [2.75, 3.05) is 31.1 Å². The van der Waals surface area contributed by atoms with Crippen LogP contribution in [0.15, 0.2) is 36.4 Å². The van der Waals surface area contributed by atoms with Crippen molar-refractivity contribution < 1.29 is 9.90 Å². The van der Waals surface area contributed by atoms with Crippen LogP contribution in [-0.2, 0) is 16.6 Å². The summed E-state index contributed by atoms with van der Waals surface area (Å²) in [5, 5.41) is 13.4. The monoisotopic (exact) mass is 604 g/mol. The molecule has 1 N–H and O–H groups in total. The molecule has 6 heteroatoms. The smallest absolute Gasteiger partial charge is 0.214 e. The first-order valence-electron chi connectivity index (χ1n) is 18.2. The van der Waals surface area contributed by atoms with Gasteiger partial charge in [-0.15, -0.1) is 0 Å². The normalized spacial score (nSPS) is 38.1. The standard InChI is InChI=1S/C39H48N4O2/c1-3-37-15-7-20-41-22-18-39(36(37)41)31(13-17-37)42(24-44)33-27(11-12-30(45)32(33)39)29-23-38(4-2)16-8-19-40-21-14-26-25-9-5-6-10-28(25)43(29)34(26)35(38)40/h5-6,9-12,24,29,31,35-36,45H,3-4,7-8,13-23H2,1-2H3. The zero-order valence-electron chi connectivity index (χ0n) is 27.1. The Hall–Kier alpha value is -2.83. The molecular weight excluding hydrogens is 556 g/mol. The number of hydrogen-bond acceptors (Lipinski definition) is 4. The fraction of sp³-hybridized carbons (Fsp3) is 0.615. The molecule has 0 bridgehead atoms. The van der Waals surface area contributed by atoms with Crippen LogP contribution in [0, 0.1) is 10.8 Å². The average molecular weight is 605 g/mol. The predicted molar refractivity (Wildman–Crippen MR) is 178 cm³/mol. The van der Waals surface area contributed by atoms with Crippen LogP contribution in [0.25, 0.3) is 10.9 Å². The summed E-state index contributed by atoms with van der Waals surface area (Å²) in [5.41, 5.74) is 8.22. The molecule has 7 heterocycles. The lowest BCUT2D eigenvalue weighted by Crippen LogP contribution is -2.64. The number of rotatable bonds is 4. The molecule has 1 amide bonds. The quantitative estimate of drug-likeness (QED) is 0.324. The third-order valence-corrected chi connectivity index (χ3v) is 14.9. The Morgan fingerprint density at radius 3 is 2.53 bits per heavy atom. The van der Waals surface area contributed by atoms with Gasteiger partial charge in [-0.3, -0.25) is 14.6 Å². The second kappa shape index (κ2) is 9.16. The molecular formula is C39H48N4O2. The Bertz CT molecular complexity index is 1750. The number of carbonyl (C=O) groups is 1. The van der Waals surface area contributed by atoms with Crippen LogP contribution >= 0.6 is 0 Å². The maximum Gasteiger partial charge on any atom is 0.214 e. The van der Waals surface area contributed by atoms with Crippen LogP contribution < -0.4 is 4.90 Å². The maximum absolute atomic E-state index is 13.4. The van der Waals surface area contributed by atoms with Crippen LogP contribution in [0.1, 0.15) is 113 Å². The zero-order valence-corrected chi connectivity index (χ0v) is 27.1. The molecule has 3 saturated heterocycles. The van der Waals surface area contributed by atoms with Crippen molar-refractivity contribution in [2.45, 2.75) is 114 Å². The van der Waals surface area contributed by atoms with E-state index in [4.69, 9.17) is 0 Å². The number of amides is 1. The van der Waals surface area contributed by atoms with E-state index in [1.165, 1.54) is 68.0 Å². The minimum Gasteiger partial charge on any atom is -0.508 e. The highest BCUT2D eigenvalue weighted by atomic mass is 16.3. The van der Waals surface area contributed by atoms with Gasteiger partial charge in [0.05, 0.1) is 17.8 Å². The van der Waals surface area contributed by atoms with E-state index in [-0.39, 0.29) is 28.3 Å². The SMILES string of the molecule is CCC12CCCN3CCc4c(n(c5ccccc45)C(c4ccc(O)c5c4N(C=O)C4CCC6(CC)CCCN7CCC54C76)C1)C32. The van der Waals surface area contributed by atoms with Gasteiger partial charge in [-0.25, -0.2) is 0 Å². The first-order chi connectivity index (χ1) is 22.0. The van der Waals surface area contributed by atoms with Gasteiger partial charge in [0.2, 0.25) is 6.41 Å². The Balaban J connectivity index is 1.25. The van der Waals surface area contributed by atoms with E-state index >= 15 is 0 Å². The minimum atomic E-state index is -0.190. The van der Waals surface area contributed by atoms with Gasteiger partial charge in [0.25, 0.3) is 0 Å². The molecule has 3 aromatic rings. The van der Waals surface area contributed by atoms with Crippen LogP contribution in [0.2, 0.25) is 0 Å². The van der Waals surface area contributed by atoms with E-state index in [0.29, 0.717) is 17.8 Å². The van der Waals surface area contributed by atoms with Gasteiger partial charge >= 0.3 is 0 Å². The number of phenolic OH excluding ortho intramolecular Hbond substituents is 1. The molecule has 7 atom stereocenters. The third kappa shape index (κ3) is 3.08. The Morgan fingerprint density at radius 1 is 0.911 bits per heavy atom. The summed E-state index contributed by atoms with van der Waals surface area (Å²) in [4.78, 5) is 21.2. The van der Waals surface area contributed by atoms with Gasteiger partial charge in [0, 0.05) is 46.2 Å². The van der Waals surface area contributed by atoms with E-state index in [0.717, 1.165) is 63.0 Å². The van der Waals surface area contributed by atoms with Crippen molar-refractivity contribution in [1.29, 1.82) is 0 Å². The predicted octanol–water partition coefficient (Wildman–Crippen LogP) is 7.07. The average Bonchev–Trinajstić information content (AvgIpc) is 3.73. The van der Waals surface area contributed by atoms with Crippen molar-refractivity contribution in [3.63, 3.8) is 0 Å². The van der Waals surface area contributed by atoms with Crippen LogP contribution in [0.3, 0.4) is 0 Å². The fourth-order valence-corrected chi connectivity index (χ4v) is 13.4. The number of para-hydroxylation sites is 1. The molecule has 1 spiro atoms.